The van der Waals surface area contributed by atoms with Crippen molar-refractivity contribution in [3.8, 4) is 0 Å². The summed E-state index contributed by atoms with van der Waals surface area (Å²) in [4.78, 5) is 49.3. The van der Waals surface area contributed by atoms with Gasteiger partial charge in [-0.25, -0.2) is 9.59 Å². The van der Waals surface area contributed by atoms with Crippen molar-refractivity contribution < 1.29 is 28.7 Å². The number of hydrogen-bond donors (Lipinski definition) is 2. The summed E-state index contributed by atoms with van der Waals surface area (Å²) in [6.45, 7) is 6.69. The number of carbonyl (C=O) groups is 4. The predicted molar refractivity (Wildman–Crippen MR) is 127 cm³/mol. The largest absolute Gasteiger partial charge is 0.467 e. The van der Waals surface area contributed by atoms with E-state index in [1.54, 1.807) is 45.0 Å². The first-order chi connectivity index (χ1) is 16.0. The number of esters is 2. The number of benzene rings is 2. The van der Waals surface area contributed by atoms with Gasteiger partial charge in [-0.15, -0.1) is 0 Å². The van der Waals surface area contributed by atoms with Crippen LogP contribution in [0.4, 0.5) is 0 Å². The monoisotopic (exact) mass is 468 g/mol. The molecule has 2 aromatic carbocycles. The minimum atomic E-state index is -0.975. The van der Waals surface area contributed by atoms with Crippen molar-refractivity contribution in [1.82, 2.24) is 10.6 Å². The van der Waals surface area contributed by atoms with Gasteiger partial charge in [0, 0.05) is 19.8 Å². The average Bonchev–Trinajstić information content (AvgIpc) is 2.77. The van der Waals surface area contributed by atoms with E-state index in [-0.39, 0.29) is 18.7 Å². The van der Waals surface area contributed by atoms with E-state index in [0.29, 0.717) is 11.1 Å². The van der Waals surface area contributed by atoms with Crippen LogP contribution in [-0.4, -0.2) is 48.5 Å². The van der Waals surface area contributed by atoms with Gasteiger partial charge in [0.25, 0.3) is 0 Å². The summed E-state index contributed by atoms with van der Waals surface area (Å²) in [5.74, 6) is -1.93. The quantitative estimate of drug-likeness (QED) is 0.548. The Labute approximate surface area is 200 Å². The lowest BCUT2D eigenvalue weighted by atomic mass is 10.0. The summed E-state index contributed by atoms with van der Waals surface area (Å²) >= 11 is 0. The van der Waals surface area contributed by atoms with Crippen molar-refractivity contribution in [3.63, 3.8) is 0 Å². The number of carbonyl (C=O) groups excluding carboxylic acids is 4. The van der Waals surface area contributed by atoms with Crippen LogP contribution in [0.5, 0.6) is 0 Å². The molecule has 0 aliphatic rings. The zero-order chi connectivity index (χ0) is 25.3. The summed E-state index contributed by atoms with van der Waals surface area (Å²) in [6.07, 6.45) is 0.413. The molecule has 0 aliphatic carbocycles. The van der Waals surface area contributed by atoms with Crippen molar-refractivity contribution in [2.75, 3.05) is 7.11 Å². The van der Waals surface area contributed by atoms with Gasteiger partial charge in [-0.1, -0.05) is 42.5 Å². The Bertz CT molecular complexity index is 996. The maximum Gasteiger partial charge on any atom is 0.338 e. The van der Waals surface area contributed by atoms with Crippen LogP contribution in [0.2, 0.25) is 0 Å². The van der Waals surface area contributed by atoms with Gasteiger partial charge >= 0.3 is 11.9 Å². The summed E-state index contributed by atoms with van der Waals surface area (Å²) in [5.41, 5.74) is 1.34. The van der Waals surface area contributed by atoms with Gasteiger partial charge in [0.2, 0.25) is 11.8 Å². The van der Waals surface area contributed by atoms with Crippen LogP contribution in [0.15, 0.2) is 54.6 Å². The standard InChI is InChI=1S/C26H32N2O6/c1-17(29)27-21(15-18-9-7-6-8-10-18)23(30)28-22(25(32)33-5)16-19-11-13-20(14-12-19)24(31)34-26(2,3)4/h6-14,21-22H,15-16H2,1-5H3,(H,27,29)(H,28,30)/t21-,22+/m1/s1. The van der Waals surface area contributed by atoms with E-state index in [9.17, 15) is 19.2 Å². The zero-order valence-electron chi connectivity index (χ0n) is 20.2. The third kappa shape index (κ3) is 8.69. The summed E-state index contributed by atoms with van der Waals surface area (Å²) < 4.78 is 10.2. The van der Waals surface area contributed by atoms with E-state index < -0.39 is 35.5 Å². The Hall–Kier alpha value is -3.68. The number of nitrogens with one attached hydrogen (secondary N) is 2. The normalized spacial score (nSPS) is 12.7. The Morgan fingerprint density at radius 1 is 0.824 bits per heavy atom. The van der Waals surface area contributed by atoms with Crippen LogP contribution in [-0.2, 0) is 36.7 Å². The molecule has 0 saturated carbocycles. The predicted octanol–water partition coefficient (Wildman–Crippen LogP) is 2.59. The maximum atomic E-state index is 13.0. The molecule has 0 fully saturated rings. The van der Waals surface area contributed by atoms with Gasteiger partial charge < -0.3 is 20.1 Å². The van der Waals surface area contributed by atoms with Crippen LogP contribution in [0, 0.1) is 0 Å². The summed E-state index contributed by atoms with van der Waals surface area (Å²) in [6, 6.07) is 14.0. The molecule has 0 heterocycles. The highest BCUT2D eigenvalue weighted by molar-refractivity contribution is 5.91. The third-order valence-corrected chi connectivity index (χ3v) is 4.81. The molecule has 2 N–H and O–H groups in total. The van der Waals surface area contributed by atoms with Crippen molar-refractivity contribution >= 4 is 23.8 Å². The SMILES string of the molecule is COC(=O)[C@H](Cc1ccc(C(=O)OC(C)(C)C)cc1)NC(=O)[C@@H](Cc1ccccc1)NC(C)=O. The first-order valence-corrected chi connectivity index (χ1v) is 11.0. The Balaban J connectivity index is 2.13. The molecule has 2 aromatic rings. The van der Waals surface area contributed by atoms with Crippen LogP contribution in [0.3, 0.4) is 0 Å². The molecule has 0 aliphatic heterocycles. The Morgan fingerprint density at radius 3 is 1.91 bits per heavy atom. The maximum absolute atomic E-state index is 13.0. The van der Waals surface area contributed by atoms with Gasteiger partial charge in [0.1, 0.15) is 17.7 Å². The van der Waals surface area contributed by atoms with Gasteiger partial charge in [0.05, 0.1) is 12.7 Å². The van der Waals surface area contributed by atoms with E-state index in [1.807, 2.05) is 30.3 Å². The van der Waals surface area contributed by atoms with E-state index in [0.717, 1.165) is 5.56 Å². The molecule has 0 radical (unpaired) electrons. The van der Waals surface area contributed by atoms with E-state index in [2.05, 4.69) is 10.6 Å². The smallest absolute Gasteiger partial charge is 0.338 e. The van der Waals surface area contributed by atoms with Crippen LogP contribution >= 0.6 is 0 Å². The second-order valence-corrected chi connectivity index (χ2v) is 8.93. The molecule has 2 rings (SSSR count). The highest BCUT2D eigenvalue weighted by Gasteiger charge is 2.27. The number of ether oxygens (including phenoxy) is 2. The number of rotatable bonds is 9. The molecule has 0 unspecified atom stereocenters. The molecule has 0 spiro atoms. The molecule has 0 aromatic heterocycles. The van der Waals surface area contributed by atoms with E-state index in [4.69, 9.17) is 9.47 Å². The minimum Gasteiger partial charge on any atom is -0.467 e. The molecule has 8 heteroatoms. The second kappa shape index (κ2) is 12.0. The van der Waals surface area contributed by atoms with Crippen LogP contribution < -0.4 is 10.6 Å². The van der Waals surface area contributed by atoms with Gasteiger partial charge in [-0.3, -0.25) is 9.59 Å². The third-order valence-electron chi connectivity index (χ3n) is 4.81. The lowest BCUT2D eigenvalue weighted by molar-refractivity contribution is -0.145. The molecule has 8 nitrogen and oxygen atoms in total. The van der Waals surface area contributed by atoms with Crippen LogP contribution in [0.1, 0.15) is 49.2 Å². The number of methoxy groups -OCH3 is 1. The minimum absolute atomic E-state index is 0.144. The number of hydrogen-bond acceptors (Lipinski definition) is 6. The topological polar surface area (TPSA) is 111 Å². The molecule has 34 heavy (non-hydrogen) atoms. The fraction of sp³-hybridized carbons (Fsp3) is 0.385. The molecule has 0 saturated heterocycles. The van der Waals surface area contributed by atoms with Crippen molar-refractivity contribution in [2.24, 2.45) is 0 Å². The number of amides is 2. The lowest BCUT2D eigenvalue weighted by Crippen LogP contribution is -2.53. The highest BCUT2D eigenvalue weighted by Crippen LogP contribution is 2.14. The average molecular weight is 469 g/mol. The van der Waals surface area contributed by atoms with Crippen LogP contribution in [0.25, 0.3) is 0 Å². The fourth-order valence-corrected chi connectivity index (χ4v) is 3.26. The van der Waals surface area contributed by atoms with Crippen molar-refractivity contribution in [3.05, 3.63) is 71.3 Å². The molecule has 2 amide bonds. The molecule has 2 atom stereocenters. The molecular weight excluding hydrogens is 436 g/mol. The van der Waals surface area contributed by atoms with E-state index >= 15 is 0 Å². The van der Waals surface area contributed by atoms with Gasteiger partial charge in [0.15, 0.2) is 0 Å². The van der Waals surface area contributed by atoms with Gasteiger partial charge in [-0.2, -0.15) is 0 Å². The van der Waals surface area contributed by atoms with Gasteiger partial charge in [-0.05, 0) is 44.0 Å². The Kier molecular flexibility index (Phi) is 9.36. The zero-order valence-corrected chi connectivity index (χ0v) is 20.2. The van der Waals surface area contributed by atoms with Crippen molar-refractivity contribution in [2.45, 2.75) is 58.2 Å². The molecular formula is C26H32N2O6. The highest BCUT2D eigenvalue weighted by atomic mass is 16.6. The summed E-state index contributed by atoms with van der Waals surface area (Å²) in [7, 11) is 1.24. The molecule has 0 bridgehead atoms. The fourth-order valence-electron chi connectivity index (χ4n) is 3.26. The second-order valence-electron chi connectivity index (χ2n) is 8.93. The summed E-state index contributed by atoms with van der Waals surface area (Å²) in [5, 5.41) is 5.33. The Morgan fingerprint density at radius 2 is 1.38 bits per heavy atom. The molecule has 182 valence electrons. The first kappa shape index (κ1) is 26.6. The first-order valence-electron chi connectivity index (χ1n) is 11.0. The van der Waals surface area contributed by atoms with Crippen molar-refractivity contribution in [1.29, 1.82) is 0 Å². The van der Waals surface area contributed by atoms with E-state index in [1.165, 1.54) is 14.0 Å². The lowest BCUT2D eigenvalue weighted by Gasteiger charge is -2.22.